The standard InChI is InChI=1S/C15H27N5/c1-11(2)8-12-9-14(16-3)18-15(17-12)13-10-19(4)6-7-20(13)5/h9,11,13H,6-8,10H2,1-5H3,(H,16,17,18). The largest absolute Gasteiger partial charge is 0.373 e. The summed E-state index contributed by atoms with van der Waals surface area (Å²) in [5, 5.41) is 3.16. The van der Waals surface area contributed by atoms with Gasteiger partial charge in [-0.25, -0.2) is 9.97 Å². The van der Waals surface area contributed by atoms with Crippen LogP contribution in [0.25, 0.3) is 0 Å². The van der Waals surface area contributed by atoms with Gasteiger partial charge in [0, 0.05) is 38.4 Å². The normalized spacial score (nSPS) is 21.4. The highest BCUT2D eigenvalue weighted by atomic mass is 15.3. The van der Waals surface area contributed by atoms with Gasteiger partial charge in [0.1, 0.15) is 11.6 Å². The number of aromatic nitrogens is 2. The van der Waals surface area contributed by atoms with E-state index >= 15 is 0 Å². The summed E-state index contributed by atoms with van der Waals surface area (Å²) >= 11 is 0. The number of nitrogens with zero attached hydrogens (tertiary/aromatic N) is 4. The number of hydrogen-bond acceptors (Lipinski definition) is 5. The van der Waals surface area contributed by atoms with Crippen molar-refractivity contribution in [3.63, 3.8) is 0 Å². The van der Waals surface area contributed by atoms with E-state index in [2.05, 4.69) is 54.1 Å². The molecule has 1 aliphatic rings. The predicted molar refractivity (Wildman–Crippen MR) is 83.0 cm³/mol. The third kappa shape index (κ3) is 3.67. The van der Waals surface area contributed by atoms with E-state index in [0.717, 1.165) is 43.4 Å². The number of piperazine rings is 1. The first-order valence-corrected chi connectivity index (χ1v) is 7.44. The van der Waals surface area contributed by atoms with Crippen molar-refractivity contribution >= 4 is 5.82 Å². The lowest BCUT2D eigenvalue weighted by Crippen LogP contribution is -2.45. The Morgan fingerprint density at radius 1 is 1.30 bits per heavy atom. The van der Waals surface area contributed by atoms with Gasteiger partial charge in [-0.05, 0) is 26.4 Å². The van der Waals surface area contributed by atoms with Crippen LogP contribution in [0.2, 0.25) is 0 Å². The lowest BCUT2D eigenvalue weighted by molar-refractivity contribution is 0.109. The lowest BCUT2D eigenvalue weighted by atomic mass is 10.1. The SMILES string of the molecule is CNc1cc(CC(C)C)nc(C2CN(C)CCN2C)n1. The highest BCUT2D eigenvalue weighted by Crippen LogP contribution is 2.22. The molecule has 112 valence electrons. The van der Waals surface area contributed by atoms with Crippen LogP contribution in [0.5, 0.6) is 0 Å². The van der Waals surface area contributed by atoms with Crippen LogP contribution in [-0.2, 0) is 6.42 Å². The van der Waals surface area contributed by atoms with Crippen molar-refractivity contribution in [3.8, 4) is 0 Å². The molecule has 1 aromatic heterocycles. The molecule has 0 aromatic carbocycles. The van der Waals surface area contributed by atoms with E-state index in [1.807, 2.05) is 7.05 Å². The van der Waals surface area contributed by atoms with E-state index in [-0.39, 0.29) is 6.04 Å². The molecule has 0 radical (unpaired) electrons. The number of rotatable bonds is 4. The van der Waals surface area contributed by atoms with Gasteiger partial charge in [-0.2, -0.15) is 0 Å². The van der Waals surface area contributed by atoms with Crippen LogP contribution in [-0.4, -0.2) is 60.5 Å². The molecular formula is C15H27N5. The average molecular weight is 277 g/mol. The van der Waals surface area contributed by atoms with Crippen LogP contribution in [0, 0.1) is 5.92 Å². The van der Waals surface area contributed by atoms with E-state index < -0.39 is 0 Å². The zero-order valence-electron chi connectivity index (χ0n) is 13.3. The summed E-state index contributed by atoms with van der Waals surface area (Å²) in [7, 11) is 6.24. The molecule has 1 unspecified atom stereocenters. The second-order valence-corrected chi connectivity index (χ2v) is 6.21. The minimum absolute atomic E-state index is 0.285. The Balaban J connectivity index is 2.29. The van der Waals surface area contributed by atoms with Gasteiger partial charge >= 0.3 is 0 Å². The molecular weight excluding hydrogens is 250 g/mol. The summed E-state index contributed by atoms with van der Waals surface area (Å²) in [4.78, 5) is 14.2. The lowest BCUT2D eigenvalue weighted by Gasteiger charge is -2.36. The minimum atomic E-state index is 0.285. The van der Waals surface area contributed by atoms with E-state index in [9.17, 15) is 0 Å². The third-order valence-electron chi connectivity index (χ3n) is 3.82. The van der Waals surface area contributed by atoms with Crippen LogP contribution in [0.3, 0.4) is 0 Å². The van der Waals surface area contributed by atoms with Gasteiger partial charge in [-0.15, -0.1) is 0 Å². The van der Waals surface area contributed by atoms with Crippen molar-refractivity contribution in [2.24, 2.45) is 5.92 Å². The minimum Gasteiger partial charge on any atom is -0.373 e. The first-order chi connectivity index (χ1) is 9.49. The van der Waals surface area contributed by atoms with Gasteiger partial charge in [-0.3, -0.25) is 4.90 Å². The molecule has 1 atom stereocenters. The van der Waals surface area contributed by atoms with Crippen molar-refractivity contribution in [3.05, 3.63) is 17.6 Å². The maximum absolute atomic E-state index is 4.81. The Hall–Kier alpha value is -1.20. The Bertz CT molecular complexity index is 446. The molecule has 0 aliphatic carbocycles. The smallest absolute Gasteiger partial charge is 0.149 e. The Morgan fingerprint density at radius 2 is 2.05 bits per heavy atom. The summed E-state index contributed by atoms with van der Waals surface area (Å²) in [5.74, 6) is 2.48. The molecule has 2 rings (SSSR count). The predicted octanol–water partition coefficient (Wildman–Crippen LogP) is 1.64. The summed E-state index contributed by atoms with van der Waals surface area (Å²) in [5.41, 5.74) is 1.14. The zero-order valence-corrected chi connectivity index (χ0v) is 13.3. The third-order valence-corrected chi connectivity index (χ3v) is 3.82. The summed E-state index contributed by atoms with van der Waals surface area (Å²) in [6.45, 7) is 7.61. The van der Waals surface area contributed by atoms with Crippen LogP contribution in [0.15, 0.2) is 6.07 Å². The van der Waals surface area contributed by atoms with Crippen LogP contribution in [0.4, 0.5) is 5.82 Å². The highest BCUT2D eigenvalue weighted by Gasteiger charge is 2.26. The van der Waals surface area contributed by atoms with Crippen molar-refractivity contribution < 1.29 is 0 Å². The maximum atomic E-state index is 4.81. The molecule has 1 aliphatic heterocycles. The summed E-state index contributed by atoms with van der Waals surface area (Å²) in [6.07, 6.45) is 0.997. The fourth-order valence-electron chi connectivity index (χ4n) is 2.61. The summed E-state index contributed by atoms with van der Waals surface area (Å²) < 4.78 is 0. The molecule has 1 N–H and O–H groups in total. The second kappa shape index (κ2) is 6.50. The number of nitrogens with one attached hydrogen (secondary N) is 1. The Kier molecular flexibility index (Phi) is 4.94. The molecule has 20 heavy (non-hydrogen) atoms. The van der Waals surface area contributed by atoms with Crippen LogP contribution >= 0.6 is 0 Å². The Labute approximate surface area is 122 Å². The second-order valence-electron chi connectivity index (χ2n) is 6.21. The van der Waals surface area contributed by atoms with Crippen molar-refractivity contribution in [2.45, 2.75) is 26.3 Å². The monoisotopic (exact) mass is 277 g/mol. The molecule has 1 saturated heterocycles. The van der Waals surface area contributed by atoms with Gasteiger partial charge in [0.2, 0.25) is 0 Å². The van der Waals surface area contributed by atoms with E-state index in [0.29, 0.717) is 5.92 Å². The van der Waals surface area contributed by atoms with Crippen LogP contribution < -0.4 is 5.32 Å². The molecule has 0 bridgehead atoms. The number of hydrogen-bond donors (Lipinski definition) is 1. The fourth-order valence-corrected chi connectivity index (χ4v) is 2.61. The zero-order chi connectivity index (χ0) is 14.7. The van der Waals surface area contributed by atoms with Crippen molar-refractivity contribution in [1.29, 1.82) is 0 Å². The molecule has 1 fully saturated rings. The average Bonchev–Trinajstić information content (AvgIpc) is 2.40. The van der Waals surface area contributed by atoms with E-state index in [1.165, 1.54) is 0 Å². The number of likely N-dealkylation sites (N-methyl/N-ethyl adjacent to an activating group) is 2. The molecule has 2 heterocycles. The van der Waals surface area contributed by atoms with Crippen LogP contribution in [0.1, 0.15) is 31.4 Å². The van der Waals surface area contributed by atoms with E-state index in [4.69, 9.17) is 4.98 Å². The quantitative estimate of drug-likeness (QED) is 0.906. The molecule has 5 heteroatoms. The van der Waals surface area contributed by atoms with E-state index in [1.54, 1.807) is 0 Å². The highest BCUT2D eigenvalue weighted by molar-refractivity contribution is 5.36. The van der Waals surface area contributed by atoms with Crippen molar-refractivity contribution in [1.82, 2.24) is 19.8 Å². The van der Waals surface area contributed by atoms with Gasteiger partial charge in [-0.1, -0.05) is 13.8 Å². The molecule has 0 spiro atoms. The Morgan fingerprint density at radius 3 is 2.70 bits per heavy atom. The van der Waals surface area contributed by atoms with Crippen molar-refractivity contribution in [2.75, 3.05) is 46.1 Å². The van der Waals surface area contributed by atoms with Gasteiger partial charge in [0.25, 0.3) is 0 Å². The topological polar surface area (TPSA) is 44.3 Å². The number of anilines is 1. The van der Waals surface area contributed by atoms with Gasteiger partial charge in [0.05, 0.1) is 6.04 Å². The molecule has 1 aromatic rings. The first kappa shape index (κ1) is 15.2. The molecule has 0 amide bonds. The molecule has 5 nitrogen and oxygen atoms in total. The maximum Gasteiger partial charge on any atom is 0.149 e. The first-order valence-electron chi connectivity index (χ1n) is 7.44. The summed E-state index contributed by atoms with van der Waals surface area (Å²) in [6, 6.07) is 2.35. The van der Waals surface area contributed by atoms with Gasteiger partial charge in [0.15, 0.2) is 0 Å². The van der Waals surface area contributed by atoms with Gasteiger partial charge < -0.3 is 10.2 Å². The fraction of sp³-hybridized carbons (Fsp3) is 0.733. The molecule has 0 saturated carbocycles.